The van der Waals surface area contributed by atoms with E-state index in [0.717, 1.165) is 11.8 Å². The molecule has 0 nitrogen and oxygen atoms in total. The van der Waals surface area contributed by atoms with Gasteiger partial charge in [0.05, 0.1) is 0 Å². The Morgan fingerprint density at radius 1 is 0.600 bits per heavy atom. The van der Waals surface area contributed by atoms with Gasteiger partial charge in [0, 0.05) is 0 Å². The number of rotatable bonds is 12. The van der Waals surface area contributed by atoms with Crippen molar-refractivity contribution in [2.24, 2.45) is 11.8 Å². The topological polar surface area (TPSA) is 0 Å². The number of hydrogen-bond acceptors (Lipinski definition) is 0. The molecule has 0 amide bonds. The second-order valence-corrected chi connectivity index (χ2v) is 10.0. The first kappa shape index (κ1) is 23.4. The molecule has 166 valence electrons. The lowest BCUT2D eigenvalue weighted by Crippen LogP contribution is -2.06. The third-order valence-corrected chi connectivity index (χ3v) is 7.60. The predicted molar refractivity (Wildman–Crippen MR) is 135 cm³/mol. The van der Waals surface area contributed by atoms with Gasteiger partial charge in [0.15, 0.2) is 0 Å². The molecule has 1 aromatic carbocycles. The van der Waals surface area contributed by atoms with E-state index in [4.69, 9.17) is 0 Å². The lowest BCUT2D eigenvalue weighted by Gasteiger charge is -2.23. The van der Waals surface area contributed by atoms with Gasteiger partial charge in [-0.25, -0.2) is 0 Å². The predicted octanol–water partition coefficient (Wildman–Crippen LogP) is 9.99. The fourth-order valence-electron chi connectivity index (χ4n) is 5.43. The standard InChI is InChI=1S/C30H46/c1-3-5-7-8-9-10-12-26-15-19-28(20-16-26)30-23-21-29(22-24-30)27-17-13-25(14-18-27)11-6-4-2/h17,19,21-26H,3-16,18,20H2,1-2H3. The Kier molecular flexibility index (Phi) is 10.3. The van der Waals surface area contributed by atoms with Crippen LogP contribution in [0.15, 0.2) is 36.4 Å². The van der Waals surface area contributed by atoms with Gasteiger partial charge in [0.2, 0.25) is 0 Å². The Morgan fingerprint density at radius 3 is 1.53 bits per heavy atom. The molecule has 3 rings (SSSR count). The van der Waals surface area contributed by atoms with E-state index >= 15 is 0 Å². The van der Waals surface area contributed by atoms with Crippen molar-refractivity contribution >= 4 is 11.1 Å². The van der Waals surface area contributed by atoms with E-state index in [1.807, 2.05) is 0 Å². The second kappa shape index (κ2) is 13.2. The second-order valence-electron chi connectivity index (χ2n) is 10.0. The highest BCUT2D eigenvalue weighted by Gasteiger charge is 2.17. The average Bonchev–Trinajstić information content (AvgIpc) is 2.81. The van der Waals surface area contributed by atoms with Crippen LogP contribution in [0.3, 0.4) is 0 Å². The minimum absolute atomic E-state index is 0.935. The molecule has 1 aromatic rings. The van der Waals surface area contributed by atoms with Crippen LogP contribution in [0.2, 0.25) is 0 Å². The Labute approximate surface area is 187 Å². The molecule has 0 spiro atoms. The minimum atomic E-state index is 0.935. The van der Waals surface area contributed by atoms with E-state index in [1.165, 1.54) is 114 Å². The molecule has 0 heteroatoms. The third kappa shape index (κ3) is 7.44. The zero-order chi connectivity index (χ0) is 21.0. The maximum atomic E-state index is 2.55. The molecule has 0 fully saturated rings. The van der Waals surface area contributed by atoms with Gasteiger partial charge in [-0.2, -0.15) is 0 Å². The summed E-state index contributed by atoms with van der Waals surface area (Å²) < 4.78 is 0. The Bertz CT molecular complexity index is 660. The Hall–Kier alpha value is -1.30. The smallest absolute Gasteiger partial charge is 0.0227 e. The molecule has 0 saturated heterocycles. The van der Waals surface area contributed by atoms with Gasteiger partial charge in [-0.3, -0.25) is 0 Å². The first-order valence-corrected chi connectivity index (χ1v) is 13.3. The molecule has 2 unspecified atom stereocenters. The largest absolute Gasteiger partial charge is 0.0804 e. The maximum absolute atomic E-state index is 2.55. The highest BCUT2D eigenvalue weighted by molar-refractivity contribution is 5.71. The van der Waals surface area contributed by atoms with Gasteiger partial charge in [0.25, 0.3) is 0 Å². The molecule has 0 aliphatic heterocycles. The SMILES string of the molecule is CCCCCCCCC1CC=C(c2ccc(C3=CCC(CCCC)CC3)cc2)CC1. The van der Waals surface area contributed by atoms with Gasteiger partial charge in [-0.05, 0) is 72.6 Å². The van der Waals surface area contributed by atoms with E-state index in [2.05, 4.69) is 50.3 Å². The minimum Gasteiger partial charge on any atom is -0.0804 e. The molecular formula is C30H46. The number of benzene rings is 1. The summed E-state index contributed by atoms with van der Waals surface area (Å²) in [6, 6.07) is 9.55. The molecule has 30 heavy (non-hydrogen) atoms. The summed E-state index contributed by atoms with van der Waals surface area (Å²) in [7, 11) is 0. The maximum Gasteiger partial charge on any atom is -0.0227 e. The summed E-state index contributed by atoms with van der Waals surface area (Å²) in [6.07, 6.45) is 27.2. The highest BCUT2D eigenvalue weighted by Crippen LogP contribution is 2.35. The third-order valence-electron chi connectivity index (χ3n) is 7.60. The first-order chi connectivity index (χ1) is 14.8. The molecular weight excluding hydrogens is 360 g/mol. The highest BCUT2D eigenvalue weighted by atomic mass is 14.2. The quantitative estimate of drug-likeness (QED) is 0.303. The molecule has 2 aliphatic rings. The average molecular weight is 407 g/mol. The Balaban J connectivity index is 1.43. The summed E-state index contributed by atoms with van der Waals surface area (Å²) in [4.78, 5) is 0. The van der Waals surface area contributed by atoms with Gasteiger partial charge in [0.1, 0.15) is 0 Å². The van der Waals surface area contributed by atoms with Crippen LogP contribution in [0.5, 0.6) is 0 Å². The van der Waals surface area contributed by atoms with Crippen LogP contribution in [-0.2, 0) is 0 Å². The van der Waals surface area contributed by atoms with E-state index in [0.29, 0.717) is 0 Å². The number of allylic oxidation sites excluding steroid dienone is 4. The van der Waals surface area contributed by atoms with Crippen LogP contribution in [0.25, 0.3) is 11.1 Å². The lowest BCUT2D eigenvalue weighted by atomic mass is 9.82. The summed E-state index contributed by atoms with van der Waals surface area (Å²) in [6.45, 7) is 4.61. The number of unbranched alkanes of at least 4 members (excludes halogenated alkanes) is 6. The molecule has 0 radical (unpaired) electrons. The fraction of sp³-hybridized carbons (Fsp3) is 0.667. The van der Waals surface area contributed by atoms with Crippen molar-refractivity contribution in [3.05, 3.63) is 47.5 Å². The van der Waals surface area contributed by atoms with Crippen LogP contribution in [0.4, 0.5) is 0 Å². The van der Waals surface area contributed by atoms with Crippen molar-refractivity contribution in [3.8, 4) is 0 Å². The zero-order valence-corrected chi connectivity index (χ0v) is 19.9. The fourth-order valence-corrected chi connectivity index (χ4v) is 5.43. The van der Waals surface area contributed by atoms with Crippen molar-refractivity contribution < 1.29 is 0 Å². The van der Waals surface area contributed by atoms with E-state index < -0.39 is 0 Å². The van der Waals surface area contributed by atoms with Gasteiger partial charge in [-0.15, -0.1) is 0 Å². The zero-order valence-electron chi connectivity index (χ0n) is 19.9. The molecule has 0 heterocycles. The molecule has 2 atom stereocenters. The lowest BCUT2D eigenvalue weighted by molar-refractivity contribution is 0.423. The van der Waals surface area contributed by atoms with Crippen LogP contribution >= 0.6 is 0 Å². The van der Waals surface area contributed by atoms with Gasteiger partial charge < -0.3 is 0 Å². The van der Waals surface area contributed by atoms with Gasteiger partial charge >= 0.3 is 0 Å². The molecule has 2 aliphatic carbocycles. The number of hydrogen-bond donors (Lipinski definition) is 0. The van der Waals surface area contributed by atoms with E-state index in [9.17, 15) is 0 Å². The van der Waals surface area contributed by atoms with Crippen molar-refractivity contribution in [2.45, 2.75) is 117 Å². The van der Waals surface area contributed by atoms with Crippen LogP contribution in [0.1, 0.15) is 128 Å². The molecule has 0 aromatic heterocycles. The van der Waals surface area contributed by atoms with Crippen molar-refractivity contribution in [1.29, 1.82) is 0 Å². The normalized spacial score (nSPS) is 21.9. The molecule has 0 bridgehead atoms. The molecule has 0 saturated carbocycles. The summed E-state index contributed by atoms with van der Waals surface area (Å²) in [5.41, 5.74) is 6.11. The van der Waals surface area contributed by atoms with Crippen molar-refractivity contribution in [3.63, 3.8) is 0 Å². The van der Waals surface area contributed by atoms with Crippen LogP contribution in [-0.4, -0.2) is 0 Å². The van der Waals surface area contributed by atoms with Gasteiger partial charge in [-0.1, -0.05) is 114 Å². The first-order valence-electron chi connectivity index (χ1n) is 13.3. The van der Waals surface area contributed by atoms with Crippen molar-refractivity contribution in [1.82, 2.24) is 0 Å². The summed E-state index contributed by atoms with van der Waals surface area (Å²) in [5.74, 6) is 1.87. The Morgan fingerprint density at radius 2 is 1.07 bits per heavy atom. The van der Waals surface area contributed by atoms with E-state index in [-0.39, 0.29) is 0 Å². The summed E-state index contributed by atoms with van der Waals surface area (Å²) >= 11 is 0. The monoisotopic (exact) mass is 406 g/mol. The van der Waals surface area contributed by atoms with Crippen molar-refractivity contribution in [2.75, 3.05) is 0 Å². The van der Waals surface area contributed by atoms with Crippen LogP contribution < -0.4 is 0 Å². The van der Waals surface area contributed by atoms with Crippen LogP contribution in [0, 0.1) is 11.8 Å². The van der Waals surface area contributed by atoms with E-state index in [1.54, 1.807) is 11.1 Å². The molecule has 0 N–H and O–H groups in total. The summed E-state index contributed by atoms with van der Waals surface area (Å²) in [5, 5.41) is 0.